The molecular formula is C16H21N3O2. The summed E-state index contributed by atoms with van der Waals surface area (Å²) < 4.78 is 11.0. The molecule has 1 atom stereocenters. The van der Waals surface area contributed by atoms with E-state index in [1.807, 2.05) is 24.3 Å². The summed E-state index contributed by atoms with van der Waals surface area (Å²) in [7, 11) is 0. The molecule has 112 valence electrons. The number of pyridine rings is 1. The smallest absolute Gasteiger partial charge is 0.239 e. The van der Waals surface area contributed by atoms with Crippen LogP contribution in [0.25, 0.3) is 0 Å². The van der Waals surface area contributed by atoms with Gasteiger partial charge in [0.25, 0.3) is 0 Å². The lowest BCUT2D eigenvalue weighted by Gasteiger charge is -2.15. The van der Waals surface area contributed by atoms with Crippen molar-refractivity contribution in [3.05, 3.63) is 36.3 Å². The van der Waals surface area contributed by atoms with Gasteiger partial charge in [-0.15, -0.1) is 0 Å². The first kappa shape index (κ1) is 13.8. The van der Waals surface area contributed by atoms with E-state index < -0.39 is 0 Å². The van der Waals surface area contributed by atoms with E-state index >= 15 is 0 Å². The van der Waals surface area contributed by atoms with Gasteiger partial charge in [-0.25, -0.2) is 0 Å². The number of nitrogens with zero attached hydrogens (tertiary/aromatic N) is 1. The van der Waals surface area contributed by atoms with E-state index in [1.54, 1.807) is 6.26 Å². The topological polar surface area (TPSA) is 73.3 Å². The van der Waals surface area contributed by atoms with Crippen molar-refractivity contribution in [3.8, 4) is 5.88 Å². The minimum Gasteiger partial charge on any atom is -0.476 e. The van der Waals surface area contributed by atoms with Gasteiger partial charge in [-0.1, -0.05) is 0 Å². The van der Waals surface area contributed by atoms with Crippen molar-refractivity contribution < 1.29 is 9.15 Å². The maximum atomic E-state index is 5.91. The number of anilines is 2. The van der Waals surface area contributed by atoms with E-state index in [0.29, 0.717) is 24.1 Å². The van der Waals surface area contributed by atoms with Gasteiger partial charge >= 0.3 is 0 Å². The van der Waals surface area contributed by atoms with Crippen LogP contribution >= 0.6 is 0 Å². The zero-order valence-corrected chi connectivity index (χ0v) is 12.2. The zero-order valence-electron chi connectivity index (χ0n) is 12.2. The average Bonchev–Trinajstić information content (AvgIpc) is 3.16. The van der Waals surface area contributed by atoms with E-state index in [4.69, 9.17) is 14.9 Å². The van der Waals surface area contributed by atoms with E-state index in [9.17, 15) is 0 Å². The summed E-state index contributed by atoms with van der Waals surface area (Å²) in [5, 5.41) is 3.34. The number of ether oxygens (including phenoxy) is 1. The van der Waals surface area contributed by atoms with Gasteiger partial charge in [-0.05, 0) is 49.9 Å². The van der Waals surface area contributed by atoms with Gasteiger partial charge < -0.3 is 20.2 Å². The molecule has 0 amide bonds. The van der Waals surface area contributed by atoms with Crippen molar-refractivity contribution in [2.45, 2.75) is 32.2 Å². The maximum absolute atomic E-state index is 5.91. The van der Waals surface area contributed by atoms with Gasteiger partial charge in [0.15, 0.2) is 0 Å². The average molecular weight is 287 g/mol. The van der Waals surface area contributed by atoms with Crippen molar-refractivity contribution in [1.29, 1.82) is 0 Å². The Balaban J connectivity index is 1.59. The predicted molar refractivity (Wildman–Crippen MR) is 82.4 cm³/mol. The van der Waals surface area contributed by atoms with Crippen LogP contribution in [-0.2, 0) is 6.42 Å². The number of nitrogens with one attached hydrogen (secondary N) is 1. The second-order valence-electron chi connectivity index (χ2n) is 5.67. The Morgan fingerprint density at radius 2 is 2.29 bits per heavy atom. The van der Waals surface area contributed by atoms with Crippen molar-refractivity contribution in [2.24, 2.45) is 5.92 Å². The molecule has 3 N–H and O–H groups in total. The Bertz CT molecular complexity index is 579. The number of nitrogens with two attached hydrogens (primary N) is 1. The molecule has 0 aliphatic heterocycles. The summed E-state index contributed by atoms with van der Waals surface area (Å²) in [6.07, 6.45) is 4.99. The molecule has 0 bridgehead atoms. The Hall–Kier alpha value is -2.17. The van der Waals surface area contributed by atoms with Crippen LogP contribution in [0.5, 0.6) is 5.88 Å². The van der Waals surface area contributed by atoms with Crippen LogP contribution in [0.2, 0.25) is 0 Å². The first-order valence-corrected chi connectivity index (χ1v) is 7.39. The first-order chi connectivity index (χ1) is 10.2. The van der Waals surface area contributed by atoms with Gasteiger partial charge in [0.05, 0.1) is 18.6 Å². The second kappa shape index (κ2) is 6.08. The van der Waals surface area contributed by atoms with Crippen molar-refractivity contribution in [3.63, 3.8) is 0 Å². The van der Waals surface area contributed by atoms with Gasteiger partial charge in [0.1, 0.15) is 11.6 Å². The van der Waals surface area contributed by atoms with E-state index in [1.165, 1.54) is 12.8 Å². The van der Waals surface area contributed by atoms with Crippen LogP contribution in [0.4, 0.5) is 11.5 Å². The van der Waals surface area contributed by atoms with E-state index in [2.05, 4.69) is 17.2 Å². The third kappa shape index (κ3) is 3.90. The molecule has 3 rings (SSSR count). The standard InChI is InChI=1S/C16H21N3O2/c1-11(9-13-3-2-8-20-13)18-15-7-6-14(17)16(19-15)21-10-12-4-5-12/h2-3,6-8,11-12H,4-5,9-10,17H2,1H3,(H,18,19). The van der Waals surface area contributed by atoms with Gasteiger partial charge in [0.2, 0.25) is 5.88 Å². The van der Waals surface area contributed by atoms with Gasteiger partial charge in [-0.3, -0.25) is 0 Å². The maximum Gasteiger partial charge on any atom is 0.239 e. The fraction of sp³-hybridized carbons (Fsp3) is 0.438. The molecular weight excluding hydrogens is 266 g/mol. The predicted octanol–water partition coefficient (Wildman–Crippen LogP) is 3.09. The number of rotatable bonds is 7. The molecule has 2 aromatic heterocycles. The molecule has 1 aliphatic rings. The molecule has 1 unspecified atom stereocenters. The minimum absolute atomic E-state index is 0.212. The van der Waals surface area contributed by atoms with Crippen LogP contribution in [0.15, 0.2) is 34.9 Å². The Morgan fingerprint density at radius 3 is 3.00 bits per heavy atom. The second-order valence-corrected chi connectivity index (χ2v) is 5.67. The molecule has 5 nitrogen and oxygen atoms in total. The quantitative estimate of drug-likeness (QED) is 0.818. The van der Waals surface area contributed by atoms with Gasteiger partial charge in [-0.2, -0.15) is 4.98 Å². The first-order valence-electron chi connectivity index (χ1n) is 7.39. The molecule has 1 saturated carbocycles. The third-order valence-electron chi connectivity index (χ3n) is 3.52. The zero-order chi connectivity index (χ0) is 14.7. The highest BCUT2D eigenvalue weighted by atomic mass is 16.5. The Kier molecular flexibility index (Phi) is 3.99. The van der Waals surface area contributed by atoms with E-state index in [0.717, 1.165) is 18.0 Å². The lowest BCUT2D eigenvalue weighted by Crippen LogP contribution is -2.19. The molecule has 1 fully saturated rings. The molecule has 5 heteroatoms. The van der Waals surface area contributed by atoms with Crippen LogP contribution in [0.3, 0.4) is 0 Å². The fourth-order valence-corrected chi connectivity index (χ4v) is 2.16. The lowest BCUT2D eigenvalue weighted by atomic mass is 10.2. The minimum atomic E-state index is 0.212. The summed E-state index contributed by atoms with van der Waals surface area (Å²) >= 11 is 0. The summed E-state index contributed by atoms with van der Waals surface area (Å²) in [6, 6.07) is 7.78. The fourth-order valence-electron chi connectivity index (χ4n) is 2.16. The number of furan rings is 1. The molecule has 0 radical (unpaired) electrons. The van der Waals surface area contributed by atoms with Crippen molar-refractivity contribution >= 4 is 11.5 Å². The number of hydrogen-bond donors (Lipinski definition) is 2. The Morgan fingerprint density at radius 1 is 1.43 bits per heavy atom. The molecule has 21 heavy (non-hydrogen) atoms. The number of aromatic nitrogens is 1. The SMILES string of the molecule is CC(Cc1ccco1)Nc1ccc(N)c(OCC2CC2)n1. The highest BCUT2D eigenvalue weighted by molar-refractivity contribution is 5.53. The van der Waals surface area contributed by atoms with Crippen LogP contribution < -0.4 is 15.8 Å². The summed E-state index contributed by atoms with van der Waals surface area (Å²) in [5.41, 5.74) is 6.49. The monoisotopic (exact) mass is 287 g/mol. The lowest BCUT2D eigenvalue weighted by molar-refractivity contribution is 0.290. The largest absolute Gasteiger partial charge is 0.476 e. The highest BCUT2D eigenvalue weighted by Gasteiger charge is 2.22. The van der Waals surface area contributed by atoms with Crippen molar-refractivity contribution in [1.82, 2.24) is 4.98 Å². The molecule has 0 spiro atoms. The van der Waals surface area contributed by atoms with Crippen molar-refractivity contribution in [2.75, 3.05) is 17.7 Å². The van der Waals surface area contributed by atoms with Gasteiger partial charge in [0, 0.05) is 12.5 Å². The number of hydrogen-bond acceptors (Lipinski definition) is 5. The number of nitrogen functional groups attached to an aromatic ring is 1. The highest BCUT2D eigenvalue weighted by Crippen LogP contribution is 2.30. The summed E-state index contributed by atoms with van der Waals surface area (Å²) in [4.78, 5) is 4.45. The third-order valence-corrected chi connectivity index (χ3v) is 3.52. The summed E-state index contributed by atoms with van der Waals surface area (Å²) in [5.74, 6) is 2.93. The normalized spacial score (nSPS) is 15.7. The summed E-state index contributed by atoms with van der Waals surface area (Å²) in [6.45, 7) is 2.80. The Labute approximate surface area is 124 Å². The molecule has 2 aromatic rings. The van der Waals surface area contributed by atoms with E-state index in [-0.39, 0.29) is 6.04 Å². The van der Waals surface area contributed by atoms with Crippen LogP contribution in [0.1, 0.15) is 25.5 Å². The van der Waals surface area contributed by atoms with Crippen LogP contribution in [0, 0.1) is 5.92 Å². The van der Waals surface area contributed by atoms with Crippen LogP contribution in [-0.4, -0.2) is 17.6 Å². The molecule has 0 aromatic carbocycles. The molecule has 0 saturated heterocycles. The molecule has 1 aliphatic carbocycles. The molecule has 2 heterocycles.